The molecule has 0 saturated carbocycles. The molecule has 4 nitrogen and oxygen atoms in total. The third-order valence-corrected chi connectivity index (χ3v) is 5.66. The zero-order chi connectivity index (χ0) is 16.9. The first-order valence-corrected chi connectivity index (χ1v) is 9.62. The second-order valence-electron chi connectivity index (χ2n) is 6.38. The zero-order valence-corrected chi connectivity index (χ0v) is 14.9. The Morgan fingerprint density at radius 1 is 1.38 bits per heavy atom. The van der Waals surface area contributed by atoms with E-state index in [0.29, 0.717) is 5.56 Å². The highest BCUT2D eigenvalue weighted by Crippen LogP contribution is 2.24. The summed E-state index contributed by atoms with van der Waals surface area (Å²) in [6, 6.07) is 7.77. The Bertz CT molecular complexity index is 736. The SMILES string of the molecule is CCc1cc(C(=O)N2CCCC[C@@H]2CCc2cccs2)cc(=O)[nH]1. The molecule has 0 bridgehead atoms. The first-order valence-electron chi connectivity index (χ1n) is 8.74. The number of hydrogen-bond donors (Lipinski definition) is 1. The van der Waals surface area contributed by atoms with Crippen LogP contribution in [0.15, 0.2) is 34.4 Å². The number of thiophene rings is 1. The van der Waals surface area contributed by atoms with E-state index in [0.717, 1.165) is 44.3 Å². The maximum atomic E-state index is 13.0. The average molecular weight is 344 g/mol. The molecule has 24 heavy (non-hydrogen) atoms. The highest BCUT2D eigenvalue weighted by molar-refractivity contribution is 7.09. The monoisotopic (exact) mass is 344 g/mol. The summed E-state index contributed by atoms with van der Waals surface area (Å²) < 4.78 is 0. The molecule has 0 spiro atoms. The molecule has 1 aliphatic heterocycles. The van der Waals surface area contributed by atoms with E-state index in [1.165, 1.54) is 17.4 Å². The minimum atomic E-state index is -0.190. The predicted molar refractivity (Wildman–Crippen MR) is 97.8 cm³/mol. The molecule has 1 saturated heterocycles. The van der Waals surface area contributed by atoms with Gasteiger partial charge in [-0.25, -0.2) is 0 Å². The summed E-state index contributed by atoms with van der Waals surface area (Å²) >= 11 is 1.78. The summed E-state index contributed by atoms with van der Waals surface area (Å²) in [6.07, 6.45) is 6.01. The highest BCUT2D eigenvalue weighted by Gasteiger charge is 2.27. The normalized spacial score (nSPS) is 17.9. The number of piperidine rings is 1. The molecule has 0 aliphatic carbocycles. The fourth-order valence-electron chi connectivity index (χ4n) is 3.41. The molecule has 1 amide bonds. The Hall–Kier alpha value is -1.88. The van der Waals surface area contributed by atoms with E-state index >= 15 is 0 Å². The summed E-state index contributed by atoms with van der Waals surface area (Å²) in [6.45, 7) is 2.77. The van der Waals surface area contributed by atoms with Crippen molar-refractivity contribution in [3.05, 3.63) is 56.1 Å². The Balaban J connectivity index is 1.75. The number of hydrogen-bond acceptors (Lipinski definition) is 3. The predicted octanol–water partition coefficient (Wildman–Crippen LogP) is 3.63. The summed E-state index contributed by atoms with van der Waals surface area (Å²) in [5.41, 5.74) is 1.15. The van der Waals surface area contributed by atoms with Gasteiger partial charge in [-0.2, -0.15) is 0 Å². The molecule has 1 atom stereocenters. The van der Waals surface area contributed by atoms with Crippen molar-refractivity contribution in [3.63, 3.8) is 0 Å². The van der Waals surface area contributed by atoms with Crippen molar-refractivity contribution in [1.29, 1.82) is 0 Å². The van der Waals surface area contributed by atoms with Crippen molar-refractivity contribution in [2.75, 3.05) is 6.54 Å². The summed E-state index contributed by atoms with van der Waals surface area (Å²) in [7, 11) is 0. The van der Waals surface area contributed by atoms with Crippen LogP contribution in [0.25, 0.3) is 0 Å². The van der Waals surface area contributed by atoms with Crippen molar-refractivity contribution in [2.45, 2.75) is 51.5 Å². The van der Waals surface area contributed by atoms with Gasteiger partial charge in [0.25, 0.3) is 5.91 Å². The maximum absolute atomic E-state index is 13.0. The second-order valence-corrected chi connectivity index (χ2v) is 7.41. The number of carbonyl (C=O) groups is 1. The van der Waals surface area contributed by atoms with Crippen LogP contribution in [0, 0.1) is 0 Å². The van der Waals surface area contributed by atoms with Gasteiger partial charge in [-0.05, 0) is 56.0 Å². The lowest BCUT2D eigenvalue weighted by Gasteiger charge is -2.36. The smallest absolute Gasteiger partial charge is 0.254 e. The van der Waals surface area contributed by atoms with Crippen LogP contribution in [-0.2, 0) is 12.8 Å². The number of amides is 1. The molecular formula is C19H24N2O2S. The van der Waals surface area contributed by atoms with Gasteiger partial charge in [0.2, 0.25) is 5.56 Å². The fourth-order valence-corrected chi connectivity index (χ4v) is 4.14. The van der Waals surface area contributed by atoms with Gasteiger partial charge in [0.15, 0.2) is 0 Å². The van der Waals surface area contributed by atoms with Crippen molar-refractivity contribution >= 4 is 17.2 Å². The van der Waals surface area contributed by atoms with Crippen LogP contribution < -0.4 is 5.56 Å². The maximum Gasteiger partial charge on any atom is 0.254 e. The molecule has 1 N–H and O–H groups in total. The lowest BCUT2D eigenvalue weighted by Crippen LogP contribution is -2.44. The number of nitrogens with zero attached hydrogens (tertiary/aromatic N) is 1. The molecule has 2 aromatic rings. The number of H-pyrrole nitrogens is 1. The minimum absolute atomic E-state index is 0.00618. The number of aromatic amines is 1. The number of rotatable bonds is 5. The van der Waals surface area contributed by atoms with Gasteiger partial charge in [-0.3, -0.25) is 9.59 Å². The molecule has 1 fully saturated rings. The molecule has 3 heterocycles. The van der Waals surface area contributed by atoms with Crippen LogP contribution in [0.5, 0.6) is 0 Å². The molecule has 2 aromatic heterocycles. The van der Waals surface area contributed by atoms with Crippen LogP contribution in [0.1, 0.15) is 53.5 Å². The number of nitrogens with one attached hydrogen (secondary N) is 1. The van der Waals surface area contributed by atoms with Crippen molar-refractivity contribution in [1.82, 2.24) is 9.88 Å². The van der Waals surface area contributed by atoms with E-state index < -0.39 is 0 Å². The quantitative estimate of drug-likeness (QED) is 0.900. The Labute approximate surface area is 146 Å². The molecule has 0 unspecified atom stereocenters. The van der Waals surface area contributed by atoms with Crippen LogP contribution >= 0.6 is 11.3 Å². The molecule has 5 heteroatoms. The van der Waals surface area contributed by atoms with Gasteiger partial charge in [-0.1, -0.05) is 13.0 Å². The minimum Gasteiger partial charge on any atom is -0.336 e. The number of aromatic nitrogens is 1. The molecule has 0 aromatic carbocycles. The van der Waals surface area contributed by atoms with Gasteiger partial charge in [0.1, 0.15) is 0 Å². The topological polar surface area (TPSA) is 53.2 Å². The number of likely N-dealkylation sites (tertiary alicyclic amines) is 1. The van der Waals surface area contributed by atoms with E-state index in [1.54, 1.807) is 11.3 Å². The summed E-state index contributed by atoms with van der Waals surface area (Å²) in [4.78, 5) is 30.9. The van der Waals surface area contributed by atoms with Crippen LogP contribution in [-0.4, -0.2) is 28.4 Å². The molecular weight excluding hydrogens is 320 g/mol. The molecule has 128 valence electrons. The second kappa shape index (κ2) is 7.79. The Morgan fingerprint density at radius 2 is 2.25 bits per heavy atom. The summed E-state index contributed by atoms with van der Waals surface area (Å²) in [5.74, 6) is 0.00618. The number of carbonyl (C=O) groups excluding carboxylic acids is 1. The molecule has 0 radical (unpaired) electrons. The highest BCUT2D eigenvalue weighted by atomic mass is 32.1. The largest absolute Gasteiger partial charge is 0.336 e. The van der Waals surface area contributed by atoms with Crippen molar-refractivity contribution in [3.8, 4) is 0 Å². The van der Waals surface area contributed by atoms with E-state index in [1.807, 2.05) is 17.9 Å². The van der Waals surface area contributed by atoms with Crippen LogP contribution in [0.4, 0.5) is 0 Å². The third kappa shape index (κ3) is 3.96. The van der Waals surface area contributed by atoms with Gasteiger partial charge in [0.05, 0.1) is 0 Å². The number of pyridine rings is 1. The lowest BCUT2D eigenvalue weighted by atomic mass is 9.96. The zero-order valence-electron chi connectivity index (χ0n) is 14.1. The third-order valence-electron chi connectivity index (χ3n) is 4.72. The average Bonchev–Trinajstić information content (AvgIpc) is 3.12. The van der Waals surface area contributed by atoms with Gasteiger partial charge >= 0.3 is 0 Å². The van der Waals surface area contributed by atoms with E-state index in [-0.39, 0.29) is 17.5 Å². The molecule has 3 rings (SSSR count). The van der Waals surface area contributed by atoms with Gasteiger partial charge in [0, 0.05) is 34.8 Å². The number of aryl methyl sites for hydroxylation is 2. The van der Waals surface area contributed by atoms with E-state index in [4.69, 9.17) is 0 Å². The van der Waals surface area contributed by atoms with Gasteiger partial charge in [-0.15, -0.1) is 11.3 Å². The van der Waals surface area contributed by atoms with E-state index in [2.05, 4.69) is 22.5 Å². The first-order chi connectivity index (χ1) is 11.7. The molecule has 1 aliphatic rings. The fraction of sp³-hybridized carbons (Fsp3) is 0.474. The van der Waals surface area contributed by atoms with Crippen molar-refractivity contribution in [2.24, 2.45) is 0 Å². The Kier molecular flexibility index (Phi) is 5.51. The van der Waals surface area contributed by atoms with Crippen LogP contribution in [0.2, 0.25) is 0 Å². The Morgan fingerprint density at radius 3 is 3.00 bits per heavy atom. The van der Waals surface area contributed by atoms with Crippen molar-refractivity contribution < 1.29 is 4.79 Å². The first kappa shape index (κ1) is 17.0. The lowest BCUT2D eigenvalue weighted by molar-refractivity contribution is 0.0602. The summed E-state index contributed by atoms with van der Waals surface area (Å²) in [5, 5.41) is 2.10. The van der Waals surface area contributed by atoms with E-state index in [9.17, 15) is 9.59 Å². The standard InChI is InChI=1S/C19H24N2O2S/c1-2-15-12-14(13-18(22)20-15)19(23)21-10-4-3-6-16(21)8-9-17-7-5-11-24-17/h5,7,11-13,16H,2-4,6,8-10H2,1H3,(H,20,22)/t16-/m1/s1. The van der Waals surface area contributed by atoms with Crippen LogP contribution in [0.3, 0.4) is 0 Å². The van der Waals surface area contributed by atoms with Gasteiger partial charge < -0.3 is 9.88 Å².